The Morgan fingerprint density at radius 1 is 0.554 bits per heavy atom. The van der Waals surface area contributed by atoms with E-state index < -0.39 is 0 Å². The number of Topliss-reactive ketones (excluding diaryl/α,β-unsaturated/α-hetero) is 1. The Balaban J connectivity index is 1.19. The lowest BCUT2D eigenvalue weighted by Crippen LogP contribution is -2.23. The predicted octanol–water partition coefficient (Wildman–Crippen LogP) is 15.2. The van der Waals surface area contributed by atoms with Gasteiger partial charge in [-0.3, -0.25) is 19.8 Å². The van der Waals surface area contributed by atoms with Crippen molar-refractivity contribution in [2.45, 2.75) is 219 Å². The summed E-state index contributed by atoms with van der Waals surface area (Å²) in [5, 5.41) is 14.3. The van der Waals surface area contributed by atoms with E-state index >= 15 is 0 Å². The van der Waals surface area contributed by atoms with Crippen molar-refractivity contribution in [3.63, 3.8) is 0 Å². The number of carbonyl (C=O) groups excluding carboxylic acids is 1. The zero-order valence-corrected chi connectivity index (χ0v) is 36.2. The predicted molar refractivity (Wildman–Crippen MR) is 243 cm³/mol. The number of nitrogens with zero attached hydrogens (tertiary/aromatic N) is 3. The van der Waals surface area contributed by atoms with Gasteiger partial charge in [0.15, 0.2) is 0 Å². The zero-order chi connectivity index (χ0) is 39.7. The van der Waals surface area contributed by atoms with E-state index in [1.54, 1.807) is 18.5 Å². The van der Waals surface area contributed by atoms with Gasteiger partial charge in [0.25, 0.3) is 0 Å². The van der Waals surface area contributed by atoms with E-state index in [1.807, 2.05) is 18.2 Å². The standard InChI is InChI=1S/C50H82N4O2/c1-3-5-7-9-11-13-15-17-19-21-23-25-27-29-31-33-39-51-43-35-37-45(53-41-43)47-49(55)48(50(47)56)46-38-36-44(42-54-46)52-40-34-32-30-28-26-24-22-20-18-16-14-12-10-8-6-4-2/h35-38,41-42,51,55H,3-34,39-40H2,1-2H3. The van der Waals surface area contributed by atoms with E-state index in [0.29, 0.717) is 11.4 Å². The van der Waals surface area contributed by atoms with Gasteiger partial charge in [0.1, 0.15) is 5.76 Å². The van der Waals surface area contributed by atoms with E-state index in [-0.39, 0.29) is 22.7 Å². The molecule has 0 saturated heterocycles. The van der Waals surface area contributed by atoms with Crippen LogP contribution in [0, 0.1) is 0 Å². The largest absolute Gasteiger partial charge is 0.506 e. The molecule has 0 atom stereocenters. The SMILES string of the molecule is CCCCCCCCCCCCCCCCCCN=C1C=CC(=C2C(=O)C(c3ccc(NCCCCCCCCCCCCCCCCCC)cn3)=C2O)N=C1. The highest BCUT2D eigenvalue weighted by molar-refractivity contribution is 6.40. The molecule has 0 saturated carbocycles. The van der Waals surface area contributed by atoms with Crippen molar-refractivity contribution in [3.05, 3.63) is 53.2 Å². The molecule has 1 aliphatic heterocycles. The fourth-order valence-corrected chi connectivity index (χ4v) is 7.93. The first-order valence-corrected chi connectivity index (χ1v) is 23.8. The third-order valence-electron chi connectivity index (χ3n) is 11.6. The summed E-state index contributed by atoms with van der Waals surface area (Å²) in [5.41, 5.74) is 3.26. The monoisotopic (exact) mass is 771 g/mol. The van der Waals surface area contributed by atoms with Crippen LogP contribution in [0.4, 0.5) is 5.69 Å². The molecule has 2 N–H and O–H groups in total. The molecule has 0 bridgehead atoms. The summed E-state index contributed by atoms with van der Waals surface area (Å²) in [4.78, 5) is 26.7. The lowest BCUT2D eigenvalue weighted by Gasteiger charge is -2.22. The summed E-state index contributed by atoms with van der Waals surface area (Å²) in [6.07, 6.45) is 50.8. The molecule has 1 aliphatic carbocycles. The number of aromatic nitrogens is 1. The summed E-state index contributed by atoms with van der Waals surface area (Å²) in [6, 6.07) is 3.75. The number of allylic oxidation sites excluding steroid dienone is 4. The van der Waals surface area contributed by atoms with Gasteiger partial charge < -0.3 is 10.4 Å². The Hall–Kier alpha value is -3.02. The van der Waals surface area contributed by atoms with Gasteiger partial charge in [0.05, 0.1) is 46.3 Å². The molecule has 0 spiro atoms. The number of unbranched alkanes of at least 4 members (excludes halogenated alkanes) is 30. The van der Waals surface area contributed by atoms with Crippen LogP contribution in [-0.2, 0) is 4.79 Å². The van der Waals surface area contributed by atoms with Crippen LogP contribution >= 0.6 is 0 Å². The van der Waals surface area contributed by atoms with Crippen molar-refractivity contribution >= 4 is 29.0 Å². The van der Waals surface area contributed by atoms with Crippen LogP contribution in [0.3, 0.4) is 0 Å². The van der Waals surface area contributed by atoms with E-state index in [4.69, 9.17) is 0 Å². The molecule has 3 rings (SSSR count). The molecule has 314 valence electrons. The number of aliphatic hydroxyl groups excluding tert-OH is 1. The van der Waals surface area contributed by atoms with Crippen LogP contribution in [0.1, 0.15) is 225 Å². The number of anilines is 1. The van der Waals surface area contributed by atoms with Gasteiger partial charge in [-0.1, -0.05) is 206 Å². The summed E-state index contributed by atoms with van der Waals surface area (Å²) in [5.74, 6) is -0.240. The first-order valence-electron chi connectivity index (χ1n) is 23.8. The second kappa shape index (κ2) is 32.0. The Morgan fingerprint density at radius 2 is 1.00 bits per heavy atom. The number of nitrogens with one attached hydrogen (secondary N) is 1. The number of hydrogen-bond acceptors (Lipinski definition) is 6. The lowest BCUT2D eigenvalue weighted by molar-refractivity contribution is -0.111. The van der Waals surface area contributed by atoms with Crippen molar-refractivity contribution in [2.75, 3.05) is 18.4 Å². The second-order valence-corrected chi connectivity index (χ2v) is 16.7. The Kier molecular flexibility index (Phi) is 27.1. The molecule has 2 aliphatic rings. The zero-order valence-electron chi connectivity index (χ0n) is 36.2. The van der Waals surface area contributed by atoms with Crippen molar-refractivity contribution in [1.82, 2.24) is 4.98 Å². The third kappa shape index (κ3) is 20.4. The Morgan fingerprint density at radius 3 is 1.39 bits per heavy atom. The summed E-state index contributed by atoms with van der Waals surface area (Å²) < 4.78 is 0. The summed E-state index contributed by atoms with van der Waals surface area (Å²) in [6.45, 7) is 6.28. The molecule has 0 unspecified atom stereocenters. The molecule has 2 heterocycles. The number of aliphatic imine (C=N–C) groups is 2. The molecule has 1 aromatic heterocycles. The number of carbonyl (C=O) groups is 1. The summed E-state index contributed by atoms with van der Waals surface area (Å²) >= 11 is 0. The maximum Gasteiger partial charge on any atom is 0.204 e. The molecule has 6 nitrogen and oxygen atoms in total. The second-order valence-electron chi connectivity index (χ2n) is 16.7. The summed E-state index contributed by atoms with van der Waals surface area (Å²) in [7, 11) is 0. The van der Waals surface area contributed by atoms with Gasteiger partial charge in [0.2, 0.25) is 5.78 Å². The smallest absolute Gasteiger partial charge is 0.204 e. The number of aliphatic hydroxyl groups is 1. The molecule has 0 amide bonds. The van der Waals surface area contributed by atoms with Crippen LogP contribution in [0.2, 0.25) is 0 Å². The third-order valence-corrected chi connectivity index (χ3v) is 11.6. The van der Waals surface area contributed by atoms with Gasteiger partial charge in [-0.15, -0.1) is 0 Å². The number of hydrogen-bond donors (Lipinski definition) is 2. The van der Waals surface area contributed by atoms with Gasteiger partial charge >= 0.3 is 0 Å². The Bertz CT molecular complexity index is 1320. The van der Waals surface area contributed by atoms with Crippen molar-refractivity contribution in [1.29, 1.82) is 0 Å². The average Bonchev–Trinajstić information content (AvgIpc) is 3.21. The average molecular weight is 771 g/mol. The molecule has 0 fully saturated rings. The van der Waals surface area contributed by atoms with E-state index in [1.165, 1.54) is 193 Å². The Labute approximate surface area is 343 Å². The molecule has 1 aromatic rings. The lowest BCUT2D eigenvalue weighted by atomic mass is 9.84. The number of pyridine rings is 1. The van der Waals surface area contributed by atoms with Gasteiger partial charge in [-0.05, 0) is 37.1 Å². The minimum Gasteiger partial charge on any atom is -0.506 e. The van der Waals surface area contributed by atoms with Crippen molar-refractivity contribution < 1.29 is 9.90 Å². The van der Waals surface area contributed by atoms with Gasteiger partial charge in [-0.2, -0.15) is 0 Å². The molecule has 0 radical (unpaired) electrons. The topological polar surface area (TPSA) is 86.9 Å². The van der Waals surface area contributed by atoms with Crippen LogP contribution in [0.25, 0.3) is 5.57 Å². The fourth-order valence-electron chi connectivity index (χ4n) is 7.93. The normalized spacial score (nSPS) is 16.0. The highest BCUT2D eigenvalue weighted by Gasteiger charge is 2.38. The highest BCUT2D eigenvalue weighted by Crippen LogP contribution is 2.38. The minimum atomic E-state index is -0.214. The molecule has 6 heteroatoms. The number of ketones is 1. The molecular weight excluding hydrogens is 689 g/mol. The van der Waals surface area contributed by atoms with Crippen LogP contribution in [-0.4, -0.2) is 40.9 Å². The van der Waals surface area contributed by atoms with E-state index in [9.17, 15) is 9.90 Å². The first-order chi connectivity index (χ1) is 27.7. The van der Waals surface area contributed by atoms with Crippen LogP contribution in [0.5, 0.6) is 0 Å². The minimum absolute atomic E-state index is 0.0262. The van der Waals surface area contributed by atoms with Crippen LogP contribution < -0.4 is 5.32 Å². The number of dihydropyridines is 1. The van der Waals surface area contributed by atoms with Crippen molar-refractivity contribution in [3.8, 4) is 0 Å². The van der Waals surface area contributed by atoms with E-state index in [2.05, 4.69) is 34.1 Å². The highest BCUT2D eigenvalue weighted by atomic mass is 16.3. The van der Waals surface area contributed by atoms with Gasteiger partial charge in [-0.25, -0.2) is 0 Å². The van der Waals surface area contributed by atoms with E-state index in [0.717, 1.165) is 37.3 Å². The van der Waals surface area contributed by atoms with Crippen LogP contribution in [0.15, 0.2) is 57.5 Å². The first kappa shape index (κ1) is 47.4. The molecular formula is C50H82N4O2. The maximum atomic E-state index is 13.1. The van der Waals surface area contributed by atoms with Gasteiger partial charge in [0, 0.05) is 13.1 Å². The molecule has 56 heavy (non-hydrogen) atoms. The fraction of sp³-hybridized carbons (Fsp3) is 0.720. The quantitative estimate of drug-likeness (QED) is 0.0525. The van der Waals surface area contributed by atoms with Crippen molar-refractivity contribution in [2.24, 2.45) is 9.98 Å². The molecule has 0 aromatic carbocycles. The number of rotatable bonds is 36. The maximum absolute atomic E-state index is 13.1.